The Labute approximate surface area is 174 Å². The van der Waals surface area contributed by atoms with Crippen molar-refractivity contribution in [3.05, 3.63) is 35.5 Å². The molecule has 2 aromatic rings. The molecule has 0 bridgehead atoms. The number of aromatic amines is 1. The van der Waals surface area contributed by atoms with Gasteiger partial charge >= 0.3 is 0 Å². The molecule has 0 fully saturated rings. The molecule has 0 radical (unpaired) electrons. The van der Waals surface area contributed by atoms with E-state index in [1.54, 1.807) is 0 Å². The van der Waals surface area contributed by atoms with Crippen LogP contribution < -0.4 is 16.1 Å². The van der Waals surface area contributed by atoms with Crippen molar-refractivity contribution in [3.63, 3.8) is 0 Å². The van der Waals surface area contributed by atoms with Gasteiger partial charge in [-0.1, -0.05) is 39.8 Å². The molecule has 0 atom stereocenters. The number of H-pyrrole nitrogens is 1. The molecule has 160 valence electrons. The summed E-state index contributed by atoms with van der Waals surface area (Å²) in [7, 11) is 0. The fourth-order valence-electron chi connectivity index (χ4n) is 4.17. The molecule has 5 N–H and O–H groups in total. The van der Waals surface area contributed by atoms with Crippen LogP contribution in [0.15, 0.2) is 24.4 Å². The van der Waals surface area contributed by atoms with Gasteiger partial charge in [-0.15, -0.1) is 0 Å². The van der Waals surface area contributed by atoms with Gasteiger partial charge in [-0.05, 0) is 65.8 Å². The van der Waals surface area contributed by atoms with E-state index in [9.17, 15) is 0 Å². The molecule has 1 aliphatic rings. The van der Waals surface area contributed by atoms with Crippen molar-refractivity contribution in [2.24, 2.45) is 0 Å². The number of anilines is 1. The van der Waals surface area contributed by atoms with Gasteiger partial charge in [-0.3, -0.25) is 0 Å². The van der Waals surface area contributed by atoms with Crippen molar-refractivity contribution in [2.45, 2.75) is 64.2 Å². The number of imidazole rings is 1. The molecular weight excluding hydrogens is 362 g/mol. The lowest BCUT2D eigenvalue weighted by atomic mass is 9.63. The summed E-state index contributed by atoms with van der Waals surface area (Å²) < 4.78 is 0. The minimum Gasteiger partial charge on any atom is -0.356 e. The number of hydrogen-bond donors (Lipinski definition) is 5. The van der Waals surface area contributed by atoms with Crippen LogP contribution in [0.25, 0.3) is 11.3 Å². The van der Waals surface area contributed by atoms with Gasteiger partial charge in [0.05, 0.1) is 11.9 Å². The predicted molar refractivity (Wildman–Crippen MR) is 120 cm³/mol. The summed E-state index contributed by atoms with van der Waals surface area (Å²) in [5.41, 5.74) is 7.82. The van der Waals surface area contributed by atoms with Crippen LogP contribution in [-0.4, -0.2) is 41.4 Å². The fourth-order valence-corrected chi connectivity index (χ4v) is 4.17. The number of hydrogen-bond acceptors (Lipinski definition) is 5. The highest BCUT2D eigenvalue weighted by Crippen LogP contribution is 2.46. The Balaban J connectivity index is 1.58. The first-order valence-electron chi connectivity index (χ1n) is 10.9. The lowest BCUT2D eigenvalue weighted by Crippen LogP contribution is -2.33. The van der Waals surface area contributed by atoms with E-state index in [0.717, 1.165) is 44.1 Å². The first-order valence-corrected chi connectivity index (χ1v) is 10.9. The summed E-state index contributed by atoms with van der Waals surface area (Å²) in [4.78, 5) is 7.94. The third-order valence-electron chi connectivity index (χ3n) is 6.23. The number of aromatic nitrogens is 2. The standard InChI is InChI=1S/C23H37N5O/c1-22(2)9-10-23(3,4)19-15-17(7-8-18(19)22)20-16-26-21(28-20)25-12-6-5-11-24-13-14-27-29/h7-8,15-16,24,27,29H,5-6,9-14H2,1-4H3,(H2,25,26,28). The third-order valence-corrected chi connectivity index (χ3v) is 6.23. The minimum atomic E-state index is 0.212. The molecule has 6 nitrogen and oxygen atoms in total. The fraction of sp³-hybridized carbons (Fsp3) is 0.609. The van der Waals surface area contributed by atoms with Gasteiger partial charge < -0.3 is 20.8 Å². The van der Waals surface area contributed by atoms with E-state index in [0.29, 0.717) is 6.54 Å². The summed E-state index contributed by atoms with van der Waals surface area (Å²) in [6, 6.07) is 6.91. The second-order valence-corrected chi connectivity index (χ2v) is 9.47. The number of rotatable bonds is 10. The normalized spacial score (nSPS) is 17.1. The smallest absolute Gasteiger partial charge is 0.200 e. The summed E-state index contributed by atoms with van der Waals surface area (Å²) in [5.74, 6) is 0.828. The molecule has 6 heteroatoms. The second kappa shape index (κ2) is 9.28. The highest BCUT2D eigenvalue weighted by atomic mass is 16.5. The van der Waals surface area contributed by atoms with Crippen molar-refractivity contribution in [1.82, 2.24) is 20.8 Å². The maximum Gasteiger partial charge on any atom is 0.200 e. The monoisotopic (exact) mass is 399 g/mol. The molecule has 1 heterocycles. The Hall–Kier alpha value is -1.89. The van der Waals surface area contributed by atoms with E-state index < -0.39 is 0 Å². The summed E-state index contributed by atoms with van der Waals surface area (Å²) in [6.07, 6.45) is 6.53. The van der Waals surface area contributed by atoms with E-state index in [4.69, 9.17) is 5.21 Å². The van der Waals surface area contributed by atoms with Crippen molar-refractivity contribution in [1.29, 1.82) is 0 Å². The quantitative estimate of drug-likeness (QED) is 0.306. The molecule has 0 amide bonds. The highest BCUT2D eigenvalue weighted by Gasteiger charge is 2.37. The number of fused-ring (bicyclic) bond motifs is 1. The van der Waals surface area contributed by atoms with E-state index in [2.05, 4.69) is 72.0 Å². The molecule has 3 rings (SSSR count). The van der Waals surface area contributed by atoms with Crippen molar-refractivity contribution in [3.8, 4) is 11.3 Å². The number of unbranched alkanes of at least 4 members (excludes halogenated alkanes) is 1. The van der Waals surface area contributed by atoms with Crippen LogP contribution in [0.5, 0.6) is 0 Å². The first kappa shape index (κ1) is 21.8. The van der Waals surface area contributed by atoms with Crippen molar-refractivity contribution < 1.29 is 5.21 Å². The summed E-state index contributed by atoms with van der Waals surface area (Å²) in [5, 5.41) is 15.2. The maximum atomic E-state index is 8.51. The Morgan fingerprint density at radius 2 is 1.69 bits per heavy atom. The predicted octanol–water partition coefficient (Wildman–Crippen LogP) is 4.19. The van der Waals surface area contributed by atoms with Crippen LogP contribution in [0.4, 0.5) is 5.95 Å². The average molecular weight is 400 g/mol. The summed E-state index contributed by atoms with van der Waals surface area (Å²) >= 11 is 0. The van der Waals surface area contributed by atoms with Crippen molar-refractivity contribution >= 4 is 5.95 Å². The largest absolute Gasteiger partial charge is 0.356 e. The van der Waals surface area contributed by atoms with E-state index >= 15 is 0 Å². The number of hydroxylamine groups is 1. The Bertz CT molecular complexity index is 796. The van der Waals surface area contributed by atoms with E-state index in [-0.39, 0.29) is 10.8 Å². The number of benzene rings is 1. The molecule has 29 heavy (non-hydrogen) atoms. The molecule has 0 saturated carbocycles. The van der Waals surface area contributed by atoms with E-state index in [1.165, 1.54) is 29.5 Å². The lowest BCUT2D eigenvalue weighted by Gasteiger charge is -2.42. The Kier molecular flexibility index (Phi) is 6.98. The van der Waals surface area contributed by atoms with Crippen LogP contribution in [-0.2, 0) is 10.8 Å². The van der Waals surface area contributed by atoms with Gasteiger partial charge in [-0.2, -0.15) is 0 Å². The van der Waals surface area contributed by atoms with Crippen LogP contribution in [0, 0.1) is 0 Å². The number of nitrogens with zero attached hydrogens (tertiary/aromatic N) is 1. The molecule has 0 aliphatic heterocycles. The van der Waals surface area contributed by atoms with Gasteiger partial charge in [-0.25, -0.2) is 10.5 Å². The van der Waals surface area contributed by atoms with Gasteiger partial charge in [0.1, 0.15) is 0 Å². The number of nitrogens with one attached hydrogen (secondary N) is 4. The Morgan fingerprint density at radius 3 is 2.45 bits per heavy atom. The molecule has 0 saturated heterocycles. The highest BCUT2D eigenvalue weighted by molar-refractivity contribution is 5.64. The molecule has 0 unspecified atom stereocenters. The Morgan fingerprint density at radius 1 is 0.966 bits per heavy atom. The van der Waals surface area contributed by atoms with Gasteiger partial charge in [0.15, 0.2) is 0 Å². The SMILES string of the molecule is CC1(C)CCC(C)(C)c2cc(-c3cnc(NCCCCNCCNO)[nH]3)ccc21. The van der Waals surface area contributed by atoms with Crippen LogP contribution in [0.1, 0.15) is 64.5 Å². The van der Waals surface area contributed by atoms with Crippen LogP contribution >= 0.6 is 0 Å². The van der Waals surface area contributed by atoms with Crippen LogP contribution in [0.3, 0.4) is 0 Å². The zero-order chi connectivity index (χ0) is 20.9. The van der Waals surface area contributed by atoms with E-state index in [1.807, 2.05) is 6.20 Å². The van der Waals surface area contributed by atoms with Gasteiger partial charge in [0.25, 0.3) is 0 Å². The van der Waals surface area contributed by atoms with Crippen LogP contribution in [0.2, 0.25) is 0 Å². The lowest BCUT2D eigenvalue weighted by molar-refractivity contribution is 0.167. The molecule has 0 spiro atoms. The van der Waals surface area contributed by atoms with Gasteiger partial charge in [0, 0.05) is 19.6 Å². The summed E-state index contributed by atoms with van der Waals surface area (Å²) in [6.45, 7) is 12.6. The maximum absolute atomic E-state index is 8.51. The molecule has 1 aliphatic carbocycles. The average Bonchev–Trinajstić information content (AvgIpc) is 3.16. The zero-order valence-corrected chi connectivity index (χ0v) is 18.4. The molecular formula is C23H37N5O. The third kappa shape index (κ3) is 5.38. The molecule has 1 aromatic carbocycles. The minimum absolute atomic E-state index is 0.212. The van der Waals surface area contributed by atoms with Gasteiger partial charge in [0.2, 0.25) is 5.95 Å². The molecule has 1 aromatic heterocycles. The topological polar surface area (TPSA) is 85.0 Å². The zero-order valence-electron chi connectivity index (χ0n) is 18.4. The van der Waals surface area contributed by atoms with Crippen molar-refractivity contribution in [2.75, 3.05) is 31.5 Å². The first-order chi connectivity index (χ1) is 13.8. The second-order valence-electron chi connectivity index (χ2n) is 9.47.